The molecule has 144 valence electrons. The van der Waals surface area contributed by atoms with Crippen LogP contribution >= 0.6 is 11.6 Å². The van der Waals surface area contributed by atoms with E-state index in [1.54, 1.807) is 37.4 Å². The zero-order chi connectivity index (χ0) is 20.1. The summed E-state index contributed by atoms with van der Waals surface area (Å²) in [6.45, 7) is 0.341. The molecule has 0 atom stereocenters. The lowest BCUT2D eigenvalue weighted by Crippen LogP contribution is -2.22. The molecular formula is C21H19ClN2O4. The first kappa shape index (κ1) is 19.5. The molecule has 0 aliphatic rings. The fraction of sp³-hybridized carbons (Fsp3) is 0.143. The summed E-state index contributed by atoms with van der Waals surface area (Å²) in [5, 5.41) is 3.42. The lowest BCUT2D eigenvalue weighted by atomic mass is 10.2. The molecule has 1 aromatic heterocycles. The van der Waals surface area contributed by atoms with E-state index in [0.29, 0.717) is 34.3 Å². The summed E-state index contributed by atoms with van der Waals surface area (Å²) in [6, 6.07) is 15.1. The third-order valence-corrected chi connectivity index (χ3v) is 4.41. The number of nitrogens with zero attached hydrogens (tertiary/aromatic N) is 1. The lowest BCUT2D eigenvalue weighted by molar-refractivity contribution is 0.102. The van der Waals surface area contributed by atoms with Crippen LogP contribution in [0.2, 0.25) is 5.02 Å². The number of nitrogens with one attached hydrogen (secondary N) is 1. The van der Waals surface area contributed by atoms with Gasteiger partial charge in [-0.1, -0.05) is 23.7 Å². The lowest BCUT2D eigenvalue weighted by Gasteiger charge is -2.12. The number of pyridine rings is 1. The molecule has 0 spiro atoms. The number of hydrogen-bond donors (Lipinski definition) is 1. The smallest absolute Gasteiger partial charge is 0.257 e. The molecule has 0 aliphatic carbocycles. The van der Waals surface area contributed by atoms with Crippen molar-refractivity contribution in [2.45, 2.75) is 6.54 Å². The van der Waals surface area contributed by atoms with Crippen molar-refractivity contribution >= 4 is 23.2 Å². The first-order chi connectivity index (χ1) is 13.5. The van der Waals surface area contributed by atoms with Crippen LogP contribution in [0.1, 0.15) is 15.9 Å². The van der Waals surface area contributed by atoms with Crippen LogP contribution in [-0.4, -0.2) is 24.7 Å². The number of methoxy groups -OCH3 is 2. The Bertz CT molecular complexity index is 1050. The molecular weight excluding hydrogens is 380 g/mol. The van der Waals surface area contributed by atoms with Crippen LogP contribution in [0.5, 0.6) is 11.5 Å². The summed E-state index contributed by atoms with van der Waals surface area (Å²) in [6.07, 6.45) is 1.53. The molecule has 3 aromatic rings. The molecule has 28 heavy (non-hydrogen) atoms. The number of anilines is 1. The number of halogens is 1. The van der Waals surface area contributed by atoms with Gasteiger partial charge in [-0.25, -0.2) is 0 Å². The highest BCUT2D eigenvalue weighted by molar-refractivity contribution is 6.30. The molecule has 0 radical (unpaired) electrons. The van der Waals surface area contributed by atoms with Gasteiger partial charge in [0.05, 0.1) is 26.3 Å². The van der Waals surface area contributed by atoms with Crippen molar-refractivity contribution < 1.29 is 14.3 Å². The van der Waals surface area contributed by atoms with Gasteiger partial charge in [0.25, 0.3) is 11.5 Å². The Balaban J connectivity index is 1.80. The fourth-order valence-corrected chi connectivity index (χ4v) is 2.82. The Morgan fingerprint density at radius 3 is 2.39 bits per heavy atom. The Hall–Kier alpha value is -3.25. The number of carbonyl (C=O) groups excluding carboxylic acids is 1. The molecule has 0 unspecified atom stereocenters. The summed E-state index contributed by atoms with van der Waals surface area (Å²) < 4.78 is 11.9. The molecule has 7 heteroatoms. The standard InChI is InChI=1S/C21H19ClN2O4/c1-27-18-9-8-17(11-19(18)28-2)23-21(26)15-5-10-20(25)24(13-15)12-14-3-6-16(22)7-4-14/h3-11,13H,12H2,1-2H3,(H,23,26). The van der Waals surface area contributed by atoms with Crippen molar-refractivity contribution in [2.75, 3.05) is 19.5 Å². The van der Waals surface area contributed by atoms with Crippen LogP contribution in [0.25, 0.3) is 0 Å². The van der Waals surface area contributed by atoms with E-state index >= 15 is 0 Å². The highest BCUT2D eigenvalue weighted by atomic mass is 35.5. The topological polar surface area (TPSA) is 69.6 Å². The maximum atomic E-state index is 12.6. The molecule has 0 fully saturated rings. The van der Waals surface area contributed by atoms with Gasteiger partial charge in [0.1, 0.15) is 0 Å². The van der Waals surface area contributed by atoms with E-state index in [2.05, 4.69) is 5.32 Å². The molecule has 1 heterocycles. The zero-order valence-electron chi connectivity index (χ0n) is 15.4. The van der Waals surface area contributed by atoms with E-state index in [1.165, 1.54) is 30.0 Å². The third kappa shape index (κ3) is 4.53. The Labute approximate surface area is 167 Å². The van der Waals surface area contributed by atoms with Crippen molar-refractivity contribution in [1.82, 2.24) is 4.57 Å². The van der Waals surface area contributed by atoms with Gasteiger partial charge in [-0.05, 0) is 35.9 Å². The Morgan fingerprint density at radius 2 is 1.71 bits per heavy atom. The van der Waals surface area contributed by atoms with Crippen LogP contribution in [-0.2, 0) is 6.54 Å². The first-order valence-electron chi connectivity index (χ1n) is 8.48. The second-order valence-electron chi connectivity index (χ2n) is 6.03. The van der Waals surface area contributed by atoms with E-state index in [1.807, 2.05) is 12.1 Å². The number of hydrogen-bond acceptors (Lipinski definition) is 4. The normalized spacial score (nSPS) is 10.4. The molecule has 1 amide bonds. The van der Waals surface area contributed by atoms with E-state index in [4.69, 9.17) is 21.1 Å². The van der Waals surface area contributed by atoms with E-state index in [9.17, 15) is 9.59 Å². The summed E-state index contributed by atoms with van der Waals surface area (Å²) in [5.74, 6) is 0.738. The van der Waals surface area contributed by atoms with Gasteiger partial charge in [0.15, 0.2) is 11.5 Å². The molecule has 2 aromatic carbocycles. The SMILES string of the molecule is COc1ccc(NC(=O)c2ccc(=O)n(Cc3ccc(Cl)cc3)c2)cc1OC. The molecule has 0 bridgehead atoms. The predicted octanol–water partition coefficient (Wildman–Crippen LogP) is 3.82. The minimum absolute atomic E-state index is 0.197. The van der Waals surface area contributed by atoms with Crippen LogP contribution in [0.4, 0.5) is 5.69 Å². The second kappa shape index (κ2) is 8.63. The van der Waals surface area contributed by atoms with Crippen molar-refractivity contribution in [2.24, 2.45) is 0 Å². The molecule has 0 saturated carbocycles. The largest absolute Gasteiger partial charge is 0.493 e. The van der Waals surface area contributed by atoms with Gasteiger partial charge < -0.3 is 19.4 Å². The van der Waals surface area contributed by atoms with E-state index in [0.717, 1.165) is 5.56 Å². The van der Waals surface area contributed by atoms with E-state index < -0.39 is 0 Å². The summed E-state index contributed by atoms with van der Waals surface area (Å²) >= 11 is 5.89. The first-order valence-corrected chi connectivity index (χ1v) is 8.86. The van der Waals surface area contributed by atoms with Crippen LogP contribution in [0.15, 0.2) is 65.6 Å². The number of benzene rings is 2. The van der Waals surface area contributed by atoms with E-state index in [-0.39, 0.29) is 11.5 Å². The van der Waals surface area contributed by atoms with Crippen LogP contribution in [0.3, 0.4) is 0 Å². The Kier molecular flexibility index (Phi) is 6.01. The number of ether oxygens (including phenoxy) is 2. The van der Waals surface area contributed by atoms with Gasteiger partial charge in [0.2, 0.25) is 0 Å². The zero-order valence-corrected chi connectivity index (χ0v) is 16.2. The quantitative estimate of drug-likeness (QED) is 0.685. The fourth-order valence-electron chi connectivity index (χ4n) is 2.69. The van der Waals surface area contributed by atoms with Crippen molar-refractivity contribution in [3.8, 4) is 11.5 Å². The highest BCUT2D eigenvalue weighted by Gasteiger charge is 2.11. The third-order valence-electron chi connectivity index (χ3n) is 4.15. The summed E-state index contributed by atoms with van der Waals surface area (Å²) in [4.78, 5) is 24.8. The van der Waals surface area contributed by atoms with Gasteiger partial charge in [-0.3, -0.25) is 9.59 Å². The number of aromatic nitrogens is 1. The van der Waals surface area contributed by atoms with Crippen LogP contribution < -0.4 is 20.3 Å². The maximum absolute atomic E-state index is 12.6. The monoisotopic (exact) mass is 398 g/mol. The average Bonchev–Trinajstić information content (AvgIpc) is 2.71. The molecule has 1 N–H and O–H groups in total. The predicted molar refractivity (Wildman–Crippen MR) is 109 cm³/mol. The second-order valence-corrected chi connectivity index (χ2v) is 6.47. The van der Waals surface area contributed by atoms with Crippen molar-refractivity contribution in [3.63, 3.8) is 0 Å². The van der Waals surface area contributed by atoms with Crippen LogP contribution in [0, 0.1) is 0 Å². The molecule has 0 saturated heterocycles. The molecule has 0 aliphatic heterocycles. The summed E-state index contributed by atoms with van der Waals surface area (Å²) in [5.41, 5.74) is 1.63. The number of amides is 1. The van der Waals surface area contributed by atoms with Crippen molar-refractivity contribution in [1.29, 1.82) is 0 Å². The Morgan fingerprint density at radius 1 is 1.00 bits per heavy atom. The minimum atomic E-state index is -0.336. The number of carbonyl (C=O) groups is 1. The maximum Gasteiger partial charge on any atom is 0.257 e. The summed E-state index contributed by atoms with van der Waals surface area (Å²) in [7, 11) is 3.07. The number of rotatable bonds is 6. The van der Waals surface area contributed by atoms with Gasteiger partial charge in [0, 0.05) is 29.0 Å². The van der Waals surface area contributed by atoms with Crippen molar-refractivity contribution in [3.05, 3.63) is 87.3 Å². The highest BCUT2D eigenvalue weighted by Crippen LogP contribution is 2.29. The molecule has 6 nitrogen and oxygen atoms in total. The minimum Gasteiger partial charge on any atom is -0.493 e. The van der Waals surface area contributed by atoms with Gasteiger partial charge >= 0.3 is 0 Å². The van der Waals surface area contributed by atoms with Gasteiger partial charge in [-0.15, -0.1) is 0 Å². The van der Waals surface area contributed by atoms with Gasteiger partial charge in [-0.2, -0.15) is 0 Å². The average molecular weight is 399 g/mol. The molecule has 3 rings (SSSR count).